The summed E-state index contributed by atoms with van der Waals surface area (Å²) in [6.07, 6.45) is -0.224. The van der Waals surface area contributed by atoms with Gasteiger partial charge in [-0.25, -0.2) is 8.42 Å². The molecule has 0 spiro atoms. The Morgan fingerprint density at radius 3 is 2.26 bits per heavy atom. The molecule has 34 heavy (non-hydrogen) atoms. The summed E-state index contributed by atoms with van der Waals surface area (Å²) in [6, 6.07) is 15.9. The van der Waals surface area contributed by atoms with Crippen LogP contribution in [0.15, 0.2) is 59.5 Å². The Morgan fingerprint density at radius 2 is 1.68 bits per heavy atom. The van der Waals surface area contributed by atoms with Gasteiger partial charge in [0.2, 0.25) is 10.0 Å². The third kappa shape index (κ3) is 6.36. The van der Waals surface area contributed by atoms with Crippen molar-refractivity contribution in [2.45, 2.75) is 44.2 Å². The van der Waals surface area contributed by atoms with Gasteiger partial charge in [-0.15, -0.1) is 0 Å². The molecule has 1 heterocycles. The van der Waals surface area contributed by atoms with Crippen LogP contribution in [0.25, 0.3) is 0 Å². The van der Waals surface area contributed by atoms with Crippen LogP contribution in [-0.2, 0) is 30.9 Å². The van der Waals surface area contributed by atoms with Gasteiger partial charge in [0, 0.05) is 26.7 Å². The van der Waals surface area contributed by atoms with E-state index in [1.807, 2.05) is 37.3 Å². The van der Waals surface area contributed by atoms with Crippen molar-refractivity contribution in [2.75, 3.05) is 26.7 Å². The Kier molecular flexibility index (Phi) is 8.68. The molecule has 8 nitrogen and oxygen atoms in total. The molecule has 1 aliphatic heterocycles. The average Bonchev–Trinajstić information content (AvgIpc) is 2.84. The van der Waals surface area contributed by atoms with Gasteiger partial charge in [-0.3, -0.25) is 9.59 Å². The van der Waals surface area contributed by atoms with Crippen molar-refractivity contribution in [2.24, 2.45) is 5.92 Å². The van der Waals surface area contributed by atoms with Crippen LogP contribution >= 0.6 is 0 Å². The normalized spacial score (nSPS) is 16.0. The minimum atomic E-state index is -3.66. The van der Waals surface area contributed by atoms with Crippen LogP contribution in [0.2, 0.25) is 0 Å². The van der Waals surface area contributed by atoms with Crippen LogP contribution in [0.4, 0.5) is 0 Å². The first-order valence-electron chi connectivity index (χ1n) is 11.4. The number of esters is 1. The van der Waals surface area contributed by atoms with Gasteiger partial charge in [0.15, 0.2) is 6.10 Å². The highest BCUT2D eigenvalue weighted by atomic mass is 32.2. The number of hydrogen-bond donors (Lipinski definition) is 0. The third-order valence-corrected chi connectivity index (χ3v) is 7.75. The molecule has 1 fully saturated rings. The van der Waals surface area contributed by atoms with E-state index in [-0.39, 0.29) is 23.9 Å². The Bertz CT molecular complexity index is 1060. The molecule has 0 aliphatic carbocycles. The molecule has 0 saturated carbocycles. The van der Waals surface area contributed by atoms with Gasteiger partial charge in [-0.1, -0.05) is 30.3 Å². The SMILES string of the molecule is CCOc1ccc(S(=O)(=O)N2CCC(C(=O)OC(C)C(=O)N(C)Cc3ccccc3)CC2)cc1. The number of piperidine rings is 1. The van der Waals surface area contributed by atoms with Crippen LogP contribution < -0.4 is 4.74 Å². The summed E-state index contributed by atoms with van der Waals surface area (Å²) in [7, 11) is -1.98. The van der Waals surface area contributed by atoms with Crippen molar-refractivity contribution >= 4 is 21.9 Å². The molecular formula is C25H32N2O6S. The largest absolute Gasteiger partial charge is 0.494 e. The lowest BCUT2D eigenvalue weighted by molar-refractivity contribution is -0.163. The number of rotatable bonds is 9. The molecule has 0 N–H and O–H groups in total. The number of amides is 1. The molecule has 0 radical (unpaired) electrons. The monoisotopic (exact) mass is 488 g/mol. The van der Waals surface area contributed by atoms with Crippen LogP contribution in [-0.4, -0.2) is 62.3 Å². The molecular weight excluding hydrogens is 456 g/mol. The maximum Gasteiger partial charge on any atom is 0.309 e. The topological polar surface area (TPSA) is 93.2 Å². The standard InChI is InChI=1S/C25H32N2O6S/c1-4-32-22-10-12-23(13-11-22)34(30,31)27-16-14-21(15-17-27)25(29)33-19(2)24(28)26(3)18-20-8-6-5-7-9-20/h5-13,19,21H,4,14-18H2,1-3H3. The number of likely N-dealkylation sites (N-methyl/N-ethyl adjacent to an activating group) is 1. The summed E-state index contributed by atoms with van der Waals surface area (Å²) in [5.74, 6) is -0.581. The molecule has 184 valence electrons. The Labute approximate surface area is 201 Å². The fourth-order valence-electron chi connectivity index (χ4n) is 3.92. The van der Waals surface area contributed by atoms with Crippen LogP contribution in [0.3, 0.4) is 0 Å². The Hall–Kier alpha value is -2.91. The van der Waals surface area contributed by atoms with Gasteiger partial charge in [0.25, 0.3) is 5.91 Å². The minimum Gasteiger partial charge on any atom is -0.494 e. The van der Waals surface area contributed by atoms with Gasteiger partial charge in [-0.2, -0.15) is 4.31 Å². The summed E-state index contributed by atoms with van der Waals surface area (Å²) < 4.78 is 38.1. The van der Waals surface area contributed by atoms with E-state index >= 15 is 0 Å². The summed E-state index contributed by atoms with van der Waals surface area (Å²) in [6.45, 7) is 4.77. The molecule has 0 aromatic heterocycles. The Morgan fingerprint density at radius 1 is 1.06 bits per heavy atom. The number of nitrogens with zero attached hydrogens (tertiary/aromatic N) is 2. The molecule has 3 rings (SSSR count). The van der Waals surface area contributed by atoms with Crippen LogP contribution in [0.1, 0.15) is 32.3 Å². The first-order valence-corrected chi connectivity index (χ1v) is 12.9. The fourth-order valence-corrected chi connectivity index (χ4v) is 5.39. The van der Waals surface area contributed by atoms with Gasteiger partial charge in [-0.05, 0) is 56.5 Å². The fraction of sp³-hybridized carbons (Fsp3) is 0.440. The molecule has 1 amide bonds. The molecule has 1 aliphatic rings. The first kappa shape index (κ1) is 25.7. The zero-order chi connectivity index (χ0) is 24.7. The number of hydrogen-bond acceptors (Lipinski definition) is 6. The number of carbonyl (C=O) groups excluding carboxylic acids is 2. The van der Waals surface area contributed by atoms with Crippen LogP contribution in [0.5, 0.6) is 5.75 Å². The van der Waals surface area contributed by atoms with Crippen LogP contribution in [0, 0.1) is 5.92 Å². The maximum absolute atomic E-state index is 12.9. The highest BCUT2D eigenvalue weighted by Gasteiger charge is 2.34. The zero-order valence-corrected chi connectivity index (χ0v) is 20.7. The minimum absolute atomic E-state index is 0.192. The van der Waals surface area contributed by atoms with E-state index in [1.165, 1.54) is 21.3 Å². The molecule has 1 unspecified atom stereocenters. The third-order valence-electron chi connectivity index (χ3n) is 5.84. The first-order chi connectivity index (χ1) is 16.2. The summed E-state index contributed by atoms with van der Waals surface area (Å²) >= 11 is 0. The summed E-state index contributed by atoms with van der Waals surface area (Å²) in [4.78, 5) is 27.0. The Balaban J connectivity index is 1.51. The molecule has 0 bridgehead atoms. The van der Waals surface area contributed by atoms with Gasteiger partial charge < -0.3 is 14.4 Å². The summed E-state index contributed by atoms with van der Waals surface area (Å²) in [5.41, 5.74) is 0.984. The van der Waals surface area contributed by atoms with E-state index in [2.05, 4.69) is 0 Å². The molecule has 1 atom stereocenters. The lowest BCUT2D eigenvalue weighted by atomic mass is 9.98. The number of carbonyl (C=O) groups is 2. The number of ether oxygens (including phenoxy) is 2. The van der Waals surface area contributed by atoms with E-state index in [0.29, 0.717) is 31.7 Å². The molecule has 9 heteroatoms. The van der Waals surface area contributed by atoms with Gasteiger partial charge in [0.1, 0.15) is 5.75 Å². The van der Waals surface area contributed by atoms with Crippen molar-refractivity contribution in [3.05, 3.63) is 60.2 Å². The zero-order valence-electron chi connectivity index (χ0n) is 19.8. The second-order valence-electron chi connectivity index (χ2n) is 8.34. The molecule has 2 aromatic rings. The predicted octanol–water partition coefficient (Wildman–Crippen LogP) is 3.08. The highest BCUT2D eigenvalue weighted by molar-refractivity contribution is 7.89. The second kappa shape index (κ2) is 11.5. The molecule has 2 aromatic carbocycles. The van der Waals surface area contributed by atoms with Crippen molar-refractivity contribution in [1.82, 2.24) is 9.21 Å². The average molecular weight is 489 g/mol. The van der Waals surface area contributed by atoms with Crippen molar-refractivity contribution in [3.8, 4) is 5.75 Å². The van der Waals surface area contributed by atoms with Gasteiger partial charge >= 0.3 is 5.97 Å². The van der Waals surface area contributed by atoms with Gasteiger partial charge in [0.05, 0.1) is 17.4 Å². The molecule has 1 saturated heterocycles. The van der Waals surface area contributed by atoms with E-state index in [1.54, 1.807) is 26.1 Å². The van der Waals surface area contributed by atoms with E-state index in [9.17, 15) is 18.0 Å². The smallest absolute Gasteiger partial charge is 0.309 e. The van der Waals surface area contributed by atoms with Crippen molar-refractivity contribution in [3.63, 3.8) is 0 Å². The lowest BCUT2D eigenvalue weighted by Gasteiger charge is -2.31. The van der Waals surface area contributed by atoms with E-state index < -0.39 is 28.0 Å². The number of sulfonamides is 1. The van der Waals surface area contributed by atoms with Crippen molar-refractivity contribution < 1.29 is 27.5 Å². The summed E-state index contributed by atoms with van der Waals surface area (Å²) in [5, 5.41) is 0. The quantitative estimate of drug-likeness (QED) is 0.504. The second-order valence-corrected chi connectivity index (χ2v) is 10.3. The van der Waals surface area contributed by atoms with Crippen molar-refractivity contribution in [1.29, 1.82) is 0 Å². The number of benzene rings is 2. The van der Waals surface area contributed by atoms with E-state index in [0.717, 1.165) is 5.56 Å². The predicted molar refractivity (Wildman–Crippen MR) is 128 cm³/mol. The highest BCUT2D eigenvalue weighted by Crippen LogP contribution is 2.26. The van der Waals surface area contributed by atoms with E-state index in [4.69, 9.17) is 9.47 Å². The maximum atomic E-state index is 12.9. The lowest BCUT2D eigenvalue weighted by Crippen LogP contribution is -2.42.